The number of aromatic nitrogens is 3. The lowest BCUT2D eigenvalue weighted by molar-refractivity contribution is 0.0342. The summed E-state index contributed by atoms with van der Waals surface area (Å²) < 4.78 is 7.48. The highest BCUT2D eigenvalue weighted by Crippen LogP contribution is 2.27. The number of morpholine rings is 1. The Morgan fingerprint density at radius 3 is 2.56 bits per heavy atom. The van der Waals surface area contributed by atoms with Crippen LogP contribution in [0.4, 0.5) is 0 Å². The molecule has 0 saturated carbocycles. The van der Waals surface area contributed by atoms with Gasteiger partial charge in [-0.2, -0.15) is 0 Å². The smallest absolute Gasteiger partial charge is 0.161 e. The van der Waals surface area contributed by atoms with Gasteiger partial charge in [-0.3, -0.25) is 9.30 Å². The number of pyridine rings is 1. The third-order valence-corrected chi connectivity index (χ3v) is 5.40. The quantitative estimate of drug-likeness (QED) is 0.560. The predicted octanol–water partition coefficient (Wildman–Crippen LogP) is 3.69. The van der Waals surface area contributed by atoms with E-state index in [1.54, 1.807) is 6.33 Å². The first-order valence-electron chi connectivity index (χ1n) is 9.40. The Bertz CT molecular complexity index is 1090. The Labute approximate surface area is 158 Å². The third-order valence-electron chi connectivity index (χ3n) is 5.40. The van der Waals surface area contributed by atoms with Gasteiger partial charge < -0.3 is 4.74 Å². The highest BCUT2D eigenvalue weighted by Gasteiger charge is 2.11. The zero-order valence-electron chi connectivity index (χ0n) is 15.4. The van der Waals surface area contributed by atoms with E-state index in [1.165, 1.54) is 27.6 Å². The van der Waals surface area contributed by atoms with Crippen LogP contribution in [0, 0.1) is 6.92 Å². The number of fused-ring (bicyclic) bond motifs is 3. The third kappa shape index (κ3) is 3.09. The van der Waals surface area contributed by atoms with Crippen LogP contribution in [0.1, 0.15) is 11.1 Å². The minimum Gasteiger partial charge on any atom is -0.379 e. The van der Waals surface area contributed by atoms with Crippen LogP contribution in [0.3, 0.4) is 0 Å². The summed E-state index contributed by atoms with van der Waals surface area (Å²) in [6, 6.07) is 17.6. The van der Waals surface area contributed by atoms with E-state index < -0.39 is 0 Å². The van der Waals surface area contributed by atoms with Crippen LogP contribution in [0.25, 0.3) is 27.7 Å². The van der Waals surface area contributed by atoms with E-state index in [2.05, 4.69) is 75.0 Å². The van der Waals surface area contributed by atoms with Crippen LogP contribution in [-0.4, -0.2) is 45.8 Å². The number of hydrogen-bond acceptors (Lipinski definition) is 4. The molecule has 1 fully saturated rings. The molecular formula is C22H22N4O. The molecule has 2 aromatic heterocycles. The monoisotopic (exact) mass is 358 g/mol. The molecule has 1 saturated heterocycles. The summed E-state index contributed by atoms with van der Waals surface area (Å²) in [6.07, 6.45) is 1.78. The summed E-state index contributed by atoms with van der Waals surface area (Å²) in [7, 11) is 0. The molecule has 5 rings (SSSR count). The normalized spacial score (nSPS) is 15.6. The first-order chi connectivity index (χ1) is 13.3. The zero-order valence-corrected chi connectivity index (χ0v) is 15.4. The van der Waals surface area contributed by atoms with Crippen molar-refractivity contribution in [1.29, 1.82) is 0 Å². The summed E-state index contributed by atoms with van der Waals surface area (Å²) in [5.41, 5.74) is 7.03. The van der Waals surface area contributed by atoms with E-state index in [9.17, 15) is 0 Å². The summed E-state index contributed by atoms with van der Waals surface area (Å²) in [4.78, 5) is 2.44. The fourth-order valence-electron chi connectivity index (χ4n) is 3.86. The highest BCUT2D eigenvalue weighted by molar-refractivity contribution is 5.89. The number of ether oxygens (including phenoxy) is 1. The molecule has 2 aromatic carbocycles. The van der Waals surface area contributed by atoms with Gasteiger partial charge in [0.15, 0.2) is 5.65 Å². The van der Waals surface area contributed by atoms with Crippen LogP contribution in [0.2, 0.25) is 0 Å². The molecule has 0 radical (unpaired) electrons. The molecule has 27 heavy (non-hydrogen) atoms. The van der Waals surface area contributed by atoms with Gasteiger partial charge in [0.25, 0.3) is 0 Å². The SMILES string of the molecule is Cc1cc2nncn2c2cc(-c3ccc(CN4CCOCC4)cc3)ccc12. The van der Waals surface area contributed by atoms with Gasteiger partial charge in [-0.05, 0) is 41.3 Å². The van der Waals surface area contributed by atoms with E-state index in [0.29, 0.717) is 0 Å². The summed E-state index contributed by atoms with van der Waals surface area (Å²) in [5, 5.41) is 9.49. The highest BCUT2D eigenvalue weighted by atomic mass is 16.5. The lowest BCUT2D eigenvalue weighted by Crippen LogP contribution is -2.35. The minimum absolute atomic E-state index is 0.839. The van der Waals surface area contributed by atoms with E-state index in [1.807, 2.05) is 0 Å². The first-order valence-corrected chi connectivity index (χ1v) is 9.40. The second-order valence-electron chi connectivity index (χ2n) is 7.20. The van der Waals surface area contributed by atoms with Gasteiger partial charge in [-0.15, -0.1) is 10.2 Å². The largest absolute Gasteiger partial charge is 0.379 e. The molecule has 136 valence electrons. The second kappa shape index (κ2) is 6.76. The minimum atomic E-state index is 0.839. The van der Waals surface area contributed by atoms with Crippen LogP contribution >= 0.6 is 0 Å². The van der Waals surface area contributed by atoms with Crippen molar-refractivity contribution in [2.45, 2.75) is 13.5 Å². The fourth-order valence-corrected chi connectivity index (χ4v) is 3.86. The van der Waals surface area contributed by atoms with Crippen molar-refractivity contribution in [1.82, 2.24) is 19.5 Å². The number of hydrogen-bond donors (Lipinski definition) is 0. The van der Waals surface area contributed by atoms with Crippen molar-refractivity contribution < 1.29 is 4.74 Å². The molecular weight excluding hydrogens is 336 g/mol. The van der Waals surface area contributed by atoms with E-state index in [4.69, 9.17) is 4.74 Å². The zero-order chi connectivity index (χ0) is 18.2. The predicted molar refractivity (Wildman–Crippen MR) is 107 cm³/mol. The van der Waals surface area contributed by atoms with Gasteiger partial charge in [0, 0.05) is 25.0 Å². The Hall–Kier alpha value is -2.76. The fraction of sp³-hybridized carbons (Fsp3) is 0.273. The van der Waals surface area contributed by atoms with Crippen LogP contribution in [0.15, 0.2) is 54.9 Å². The van der Waals surface area contributed by atoms with Crippen molar-refractivity contribution in [3.63, 3.8) is 0 Å². The van der Waals surface area contributed by atoms with E-state index in [0.717, 1.165) is 44.0 Å². The molecule has 1 aliphatic rings. The lowest BCUT2D eigenvalue weighted by atomic mass is 10.0. The molecule has 0 amide bonds. The molecule has 1 aliphatic heterocycles. The molecule has 5 nitrogen and oxygen atoms in total. The van der Waals surface area contributed by atoms with Crippen molar-refractivity contribution in [2.75, 3.05) is 26.3 Å². The maximum Gasteiger partial charge on any atom is 0.161 e. The van der Waals surface area contributed by atoms with Crippen LogP contribution in [-0.2, 0) is 11.3 Å². The molecule has 0 bridgehead atoms. The average Bonchev–Trinajstić information content (AvgIpc) is 3.18. The van der Waals surface area contributed by atoms with E-state index in [-0.39, 0.29) is 0 Å². The molecule has 4 aromatic rings. The molecule has 3 heterocycles. The summed E-state index contributed by atoms with van der Waals surface area (Å²) in [5.74, 6) is 0. The number of rotatable bonds is 3. The van der Waals surface area contributed by atoms with Crippen molar-refractivity contribution >= 4 is 16.6 Å². The van der Waals surface area contributed by atoms with Crippen molar-refractivity contribution in [3.05, 3.63) is 66.0 Å². The Kier molecular flexibility index (Phi) is 4.11. The maximum atomic E-state index is 5.43. The molecule has 0 N–H and O–H groups in total. The van der Waals surface area contributed by atoms with Gasteiger partial charge in [0.05, 0.1) is 18.7 Å². The topological polar surface area (TPSA) is 42.7 Å². The Morgan fingerprint density at radius 1 is 0.963 bits per heavy atom. The summed E-state index contributed by atoms with van der Waals surface area (Å²) in [6.45, 7) is 6.82. The average molecular weight is 358 g/mol. The Morgan fingerprint density at radius 2 is 1.74 bits per heavy atom. The standard InChI is InChI=1S/C22H22N4O/c1-16-12-22-24-23-15-26(22)21-13-19(6-7-20(16)21)18-4-2-17(3-5-18)14-25-8-10-27-11-9-25/h2-7,12-13,15H,8-11,14H2,1H3. The van der Waals surface area contributed by atoms with Gasteiger partial charge >= 0.3 is 0 Å². The molecule has 5 heteroatoms. The first kappa shape index (κ1) is 16.4. The second-order valence-corrected chi connectivity index (χ2v) is 7.20. The van der Waals surface area contributed by atoms with Crippen molar-refractivity contribution in [3.8, 4) is 11.1 Å². The van der Waals surface area contributed by atoms with Gasteiger partial charge in [0.1, 0.15) is 6.33 Å². The lowest BCUT2D eigenvalue weighted by Gasteiger charge is -2.26. The summed E-state index contributed by atoms with van der Waals surface area (Å²) >= 11 is 0. The van der Waals surface area contributed by atoms with Crippen LogP contribution < -0.4 is 0 Å². The van der Waals surface area contributed by atoms with Gasteiger partial charge in [0.2, 0.25) is 0 Å². The van der Waals surface area contributed by atoms with Crippen LogP contribution in [0.5, 0.6) is 0 Å². The number of aryl methyl sites for hydroxylation is 1. The Balaban J connectivity index is 1.47. The molecule has 0 unspecified atom stereocenters. The van der Waals surface area contributed by atoms with Gasteiger partial charge in [-0.1, -0.05) is 36.4 Å². The van der Waals surface area contributed by atoms with Gasteiger partial charge in [-0.25, -0.2) is 0 Å². The van der Waals surface area contributed by atoms with E-state index >= 15 is 0 Å². The van der Waals surface area contributed by atoms with Crippen molar-refractivity contribution in [2.24, 2.45) is 0 Å². The molecule has 0 aliphatic carbocycles. The maximum absolute atomic E-state index is 5.43. The number of nitrogens with zero attached hydrogens (tertiary/aromatic N) is 4. The molecule has 0 spiro atoms. The number of benzene rings is 2. The molecule has 0 atom stereocenters.